The summed E-state index contributed by atoms with van der Waals surface area (Å²) in [5, 5.41) is 10.6. The van der Waals surface area contributed by atoms with Crippen LogP contribution in [0.4, 0.5) is 10.9 Å². The van der Waals surface area contributed by atoms with Crippen LogP contribution in [-0.2, 0) is 11.3 Å². The molecular weight excluding hydrogens is 348 g/mol. The van der Waals surface area contributed by atoms with Crippen LogP contribution in [0.15, 0.2) is 12.4 Å². The topological polar surface area (TPSA) is 67.3 Å². The molecule has 2 aliphatic heterocycles. The molecule has 2 aromatic heterocycles. The third-order valence-electron chi connectivity index (χ3n) is 6.00. The van der Waals surface area contributed by atoms with Gasteiger partial charge in [0.15, 0.2) is 0 Å². The van der Waals surface area contributed by atoms with Crippen LogP contribution in [0.2, 0.25) is 0 Å². The number of aromatic nitrogens is 4. The SMILES string of the molecule is COCc1nnc(N2CC3CN(c4cc(C5CCC5)ncn4)CC3C2)s1. The van der Waals surface area contributed by atoms with Gasteiger partial charge in [-0.15, -0.1) is 10.2 Å². The smallest absolute Gasteiger partial charge is 0.208 e. The summed E-state index contributed by atoms with van der Waals surface area (Å²) >= 11 is 1.65. The van der Waals surface area contributed by atoms with Crippen LogP contribution in [-0.4, -0.2) is 53.5 Å². The second-order valence-corrected chi connectivity index (χ2v) is 8.71. The van der Waals surface area contributed by atoms with E-state index < -0.39 is 0 Å². The van der Waals surface area contributed by atoms with E-state index in [9.17, 15) is 0 Å². The van der Waals surface area contributed by atoms with Crippen LogP contribution >= 0.6 is 11.3 Å². The molecule has 1 saturated carbocycles. The fourth-order valence-corrected chi connectivity index (χ4v) is 5.18. The molecule has 1 aliphatic carbocycles. The number of methoxy groups -OCH3 is 1. The van der Waals surface area contributed by atoms with Gasteiger partial charge in [0, 0.05) is 62.8 Å². The van der Waals surface area contributed by atoms with Gasteiger partial charge in [-0.3, -0.25) is 0 Å². The fraction of sp³-hybridized carbons (Fsp3) is 0.667. The van der Waals surface area contributed by atoms with Gasteiger partial charge < -0.3 is 14.5 Å². The lowest BCUT2D eigenvalue weighted by molar-refractivity contribution is 0.184. The molecule has 0 N–H and O–H groups in total. The van der Waals surface area contributed by atoms with Crippen LogP contribution in [0.3, 0.4) is 0 Å². The van der Waals surface area contributed by atoms with Crippen LogP contribution in [0, 0.1) is 11.8 Å². The van der Waals surface area contributed by atoms with Gasteiger partial charge in [0.2, 0.25) is 5.13 Å². The predicted octanol–water partition coefficient (Wildman–Crippen LogP) is 2.31. The van der Waals surface area contributed by atoms with Gasteiger partial charge in [-0.25, -0.2) is 9.97 Å². The summed E-state index contributed by atoms with van der Waals surface area (Å²) in [6.45, 7) is 4.81. The summed E-state index contributed by atoms with van der Waals surface area (Å²) in [6, 6.07) is 2.23. The van der Waals surface area contributed by atoms with Gasteiger partial charge in [-0.1, -0.05) is 17.8 Å². The van der Waals surface area contributed by atoms with Crippen molar-refractivity contribution in [3.8, 4) is 0 Å². The molecule has 0 spiro atoms. The van der Waals surface area contributed by atoms with Crippen molar-refractivity contribution in [1.29, 1.82) is 0 Å². The molecule has 4 heterocycles. The van der Waals surface area contributed by atoms with E-state index in [0.717, 1.165) is 42.1 Å². The van der Waals surface area contributed by atoms with Gasteiger partial charge in [-0.05, 0) is 12.8 Å². The Morgan fingerprint density at radius 2 is 1.85 bits per heavy atom. The van der Waals surface area contributed by atoms with E-state index in [2.05, 4.69) is 36.0 Å². The first-order valence-corrected chi connectivity index (χ1v) is 10.2. The first-order chi connectivity index (χ1) is 12.8. The number of ether oxygens (including phenoxy) is 1. The molecule has 138 valence electrons. The molecule has 0 bridgehead atoms. The third kappa shape index (κ3) is 2.95. The van der Waals surface area contributed by atoms with Crippen molar-refractivity contribution < 1.29 is 4.74 Å². The van der Waals surface area contributed by atoms with Crippen molar-refractivity contribution in [3.05, 3.63) is 23.1 Å². The zero-order valence-electron chi connectivity index (χ0n) is 15.0. The minimum atomic E-state index is 0.545. The van der Waals surface area contributed by atoms with E-state index in [0.29, 0.717) is 24.4 Å². The molecule has 7 nitrogen and oxygen atoms in total. The largest absolute Gasteiger partial charge is 0.377 e. The zero-order valence-corrected chi connectivity index (χ0v) is 15.9. The molecule has 5 rings (SSSR count). The molecule has 0 radical (unpaired) electrons. The lowest BCUT2D eigenvalue weighted by Gasteiger charge is -2.26. The highest BCUT2D eigenvalue weighted by Crippen LogP contribution is 2.39. The summed E-state index contributed by atoms with van der Waals surface area (Å²) in [5.74, 6) is 3.12. The van der Waals surface area contributed by atoms with E-state index >= 15 is 0 Å². The Balaban J connectivity index is 1.24. The van der Waals surface area contributed by atoms with Crippen molar-refractivity contribution in [2.45, 2.75) is 31.8 Å². The molecule has 0 amide bonds. The molecule has 2 saturated heterocycles. The molecule has 3 fully saturated rings. The lowest BCUT2D eigenvalue weighted by atomic mass is 9.83. The monoisotopic (exact) mass is 372 g/mol. The molecule has 2 atom stereocenters. The van der Waals surface area contributed by atoms with Gasteiger partial charge in [0.05, 0.1) is 0 Å². The van der Waals surface area contributed by atoms with Crippen molar-refractivity contribution in [1.82, 2.24) is 20.2 Å². The van der Waals surface area contributed by atoms with E-state index in [1.807, 2.05) is 0 Å². The molecule has 2 unspecified atom stereocenters. The summed E-state index contributed by atoms with van der Waals surface area (Å²) in [4.78, 5) is 13.9. The Morgan fingerprint density at radius 1 is 1.08 bits per heavy atom. The van der Waals surface area contributed by atoms with Crippen LogP contribution in [0.1, 0.15) is 35.9 Å². The van der Waals surface area contributed by atoms with E-state index in [-0.39, 0.29) is 0 Å². The minimum Gasteiger partial charge on any atom is -0.377 e. The Bertz CT molecular complexity index is 765. The normalized spacial score (nSPS) is 25.6. The standard InChI is InChI=1S/C18H24N6OS/c1-25-10-17-21-22-18(26-17)24-8-13-6-23(7-14(13)9-24)16-5-15(19-11-20-16)12-3-2-4-12/h5,11-14H,2-4,6-10H2,1H3. The highest BCUT2D eigenvalue weighted by Gasteiger charge is 2.41. The molecule has 2 aromatic rings. The number of rotatable bonds is 5. The number of fused-ring (bicyclic) bond motifs is 1. The quantitative estimate of drug-likeness (QED) is 0.798. The fourth-order valence-electron chi connectivity index (χ4n) is 4.35. The van der Waals surface area contributed by atoms with E-state index in [4.69, 9.17) is 4.74 Å². The van der Waals surface area contributed by atoms with Gasteiger partial charge in [0.25, 0.3) is 0 Å². The predicted molar refractivity (Wildman–Crippen MR) is 101 cm³/mol. The van der Waals surface area contributed by atoms with Crippen molar-refractivity contribution in [2.24, 2.45) is 11.8 Å². The third-order valence-corrected chi connectivity index (χ3v) is 6.96. The Labute approximate surface area is 157 Å². The van der Waals surface area contributed by atoms with Crippen LogP contribution in [0.25, 0.3) is 0 Å². The van der Waals surface area contributed by atoms with Crippen molar-refractivity contribution >= 4 is 22.3 Å². The highest BCUT2D eigenvalue weighted by atomic mass is 32.1. The van der Waals surface area contributed by atoms with Gasteiger partial charge in [0.1, 0.15) is 23.8 Å². The minimum absolute atomic E-state index is 0.545. The molecule has 3 aliphatic rings. The second-order valence-electron chi connectivity index (χ2n) is 7.67. The number of anilines is 2. The first kappa shape index (κ1) is 16.4. The van der Waals surface area contributed by atoms with Crippen LogP contribution < -0.4 is 9.80 Å². The van der Waals surface area contributed by atoms with Crippen LogP contribution in [0.5, 0.6) is 0 Å². The Hall–Kier alpha value is -1.80. The van der Waals surface area contributed by atoms with E-state index in [1.54, 1.807) is 24.8 Å². The highest BCUT2D eigenvalue weighted by molar-refractivity contribution is 7.15. The van der Waals surface area contributed by atoms with Gasteiger partial charge >= 0.3 is 0 Å². The molecular formula is C18H24N6OS. The zero-order chi connectivity index (χ0) is 17.5. The maximum Gasteiger partial charge on any atom is 0.208 e. The second kappa shape index (κ2) is 6.74. The molecule has 0 aromatic carbocycles. The van der Waals surface area contributed by atoms with Crippen molar-refractivity contribution in [3.63, 3.8) is 0 Å². The molecule has 8 heteroatoms. The van der Waals surface area contributed by atoms with Crippen molar-refractivity contribution in [2.75, 3.05) is 43.1 Å². The Morgan fingerprint density at radius 3 is 2.54 bits per heavy atom. The summed E-state index contributed by atoms with van der Waals surface area (Å²) < 4.78 is 5.15. The first-order valence-electron chi connectivity index (χ1n) is 9.43. The maximum atomic E-state index is 5.15. The summed E-state index contributed by atoms with van der Waals surface area (Å²) in [5.41, 5.74) is 1.24. The summed E-state index contributed by atoms with van der Waals surface area (Å²) in [7, 11) is 1.69. The average molecular weight is 372 g/mol. The Kier molecular flexibility index (Phi) is 4.24. The number of hydrogen-bond acceptors (Lipinski definition) is 8. The lowest BCUT2D eigenvalue weighted by Crippen LogP contribution is -2.29. The average Bonchev–Trinajstić information content (AvgIpc) is 3.27. The number of hydrogen-bond donors (Lipinski definition) is 0. The number of nitrogens with zero attached hydrogens (tertiary/aromatic N) is 6. The summed E-state index contributed by atoms with van der Waals surface area (Å²) in [6.07, 6.45) is 5.65. The van der Waals surface area contributed by atoms with E-state index in [1.165, 1.54) is 25.0 Å². The molecule has 26 heavy (non-hydrogen) atoms. The maximum absolute atomic E-state index is 5.15. The van der Waals surface area contributed by atoms with Gasteiger partial charge in [-0.2, -0.15) is 0 Å².